The van der Waals surface area contributed by atoms with E-state index in [2.05, 4.69) is 4.90 Å². The van der Waals surface area contributed by atoms with Crippen molar-refractivity contribution in [1.29, 1.82) is 0 Å². The molecule has 0 saturated carbocycles. The molecule has 0 aliphatic carbocycles. The van der Waals surface area contributed by atoms with Crippen LogP contribution >= 0.6 is 22.9 Å². The highest BCUT2D eigenvalue weighted by Crippen LogP contribution is 2.48. The molecule has 0 radical (unpaired) electrons. The number of aldehydes is 1. The first kappa shape index (κ1) is 15.7. The number of hydrogen-bond donors (Lipinski definition) is 0. The summed E-state index contributed by atoms with van der Waals surface area (Å²) in [5.41, 5.74) is 4.63. The predicted octanol–water partition coefficient (Wildman–Crippen LogP) is 4.42. The molecule has 6 heteroatoms. The van der Waals surface area contributed by atoms with Gasteiger partial charge in [0.25, 0.3) is 0 Å². The zero-order valence-corrected chi connectivity index (χ0v) is 14.8. The molecule has 0 N–H and O–H groups in total. The van der Waals surface area contributed by atoms with Crippen molar-refractivity contribution in [3.8, 4) is 0 Å². The van der Waals surface area contributed by atoms with E-state index in [4.69, 9.17) is 11.6 Å². The lowest BCUT2D eigenvalue weighted by atomic mass is 10.1. The lowest BCUT2D eigenvalue weighted by Crippen LogP contribution is -2.26. The summed E-state index contributed by atoms with van der Waals surface area (Å²) in [5, 5.41) is 1.79. The van der Waals surface area contributed by atoms with Crippen molar-refractivity contribution in [2.75, 3.05) is 17.3 Å². The van der Waals surface area contributed by atoms with E-state index in [1.807, 2.05) is 26.0 Å². The quantitative estimate of drug-likeness (QED) is 0.603. The van der Waals surface area contributed by atoms with Crippen molar-refractivity contribution < 1.29 is 9.00 Å². The van der Waals surface area contributed by atoms with Crippen molar-refractivity contribution >= 4 is 51.4 Å². The number of hydrogen-bond acceptors (Lipinski definition) is 4. The number of anilines is 2. The molecule has 2 heterocycles. The number of nitrogens with zero attached hydrogens (tertiary/aromatic N) is 1. The zero-order valence-electron chi connectivity index (χ0n) is 12.4. The van der Waals surface area contributed by atoms with E-state index in [1.165, 1.54) is 11.3 Å². The second-order valence-electron chi connectivity index (χ2n) is 5.26. The van der Waals surface area contributed by atoms with Crippen molar-refractivity contribution in [2.45, 2.75) is 29.4 Å². The summed E-state index contributed by atoms with van der Waals surface area (Å²) in [6.45, 7) is 4.79. The summed E-state index contributed by atoms with van der Waals surface area (Å²) in [6, 6.07) is 3.94. The molecular weight excluding hydrogens is 338 g/mol. The first-order chi connectivity index (χ1) is 10.6. The van der Waals surface area contributed by atoms with Gasteiger partial charge in [-0.05, 0) is 37.5 Å². The highest BCUT2D eigenvalue weighted by molar-refractivity contribution is 7.87. The fourth-order valence-corrected chi connectivity index (χ4v) is 5.60. The fraction of sp³-hybridized carbons (Fsp3) is 0.312. The van der Waals surface area contributed by atoms with E-state index in [9.17, 15) is 9.00 Å². The maximum absolute atomic E-state index is 12.9. The Kier molecular flexibility index (Phi) is 4.39. The number of fused-ring (bicyclic) bond motifs is 2. The molecule has 22 heavy (non-hydrogen) atoms. The maximum atomic E-state index is 12.9. The molecule has 0 saturated heterocycles. The minimum absolute atomic E-state index is 0.551. The van der Waals surface area contributed by atoms with Crippen molar-refractivity contribution in [2.24, 2.45) is 0 Å². The Bertz CT molecular complexity index is 770. The molecule has 0 spiro atoms. The number of benzene rings is 1. The number of aryl methyl sites for hydroxylation is 1. The average Bonchev–Trinajstić information content (AvgIpc) is 2.95. The highest BCUT2D eigenvalue weighted by Gasteiger charge is 2.33. The van der Waals surface area contributed by atoms with Crippen molar-refractivity contribution in [3.05, 3.63) is 34.2 Å². The van der Waals surface area contributed by atoms with Crippen LogP contribution in [-0.2, 0) is 10.8 Å². The van der Waals surface area contributed by atoms with E-state index in [0.717, 1.165) is 44.3 Å². The Morgan fingerprint density at radius 1 is 1.32 bits per heavy atom. The molecule has 1 aliphatic heterocycles. The minimum atomic E-state index is -1.23. The molecule has 3 nitrogen and oxygen atoms in total. The van der Waals surface area contributed by atoms with Crippen molar-refractivity contribution in [3.63, 3.8) is 0 Å². The second-order valence-corrected chi connectivity index (χ2v) is 8.16. The first-order valence-corrected chi connectivity index (χ1v) is 9.58. The number of thiophene rings is 1. The standard InChI is InChI=1S/C16H16ClNO2S2/c1-10-4-5-13-14(11(10)2)18(7-3-6-17)15-12(8-19)9-21-16(15)22(13)20/h4-5,8-9H,3,6-7H2,1-2H3. The molecule has 0 bridgehead atoms. The van der Waals surface area contributed by atoms with Crippen molar-refractivity contribution in [1.82, 2.24) is 0 Å². The highest BCUT2D eigenvalue weighted by atomic mass is 35.5. The molecule has 1 unspecified atom stereocenters. The molecule has 1 aliphatic rings. The van der Waals surface area contributed by atoms with Gasteiger partial charge in [-0.1, -0.05) is 6.07 Å². The molecule has 0 fully saturated rings. The van der Waals surface area contributed by atoms with E-state index >= 15 is 0 Å². The normalized spacial score (nSPS) is 16.3. The van der Waals surface area contributed by atoms with Crippen LogP contribution in [0.5, 0.6) is 0 Å². The Morgan fingerprint density at radius 2 is 2.09 bits per heavy atom. The molecular formula is C16H16ClNO2S2. The smallest absolute Gasteiger partial charge is 0.153 e. The van der Waals surface area contributed by atoms with E-state index < -0.39 is 10.8 Å². The number of carbonyl (C=O) groups excluding carboxylic acids is 1. The number of rotatable bonds is 4. The third-order valence-corrected chi connectivity index (χ3v) is 7.02. The van der Waals surface area contributed by atoms with Crippen LogP contribution in [0.1, 0.15) is 27.9 Å². The van der Waals surface area contributed by atoms with Gasteiger partial charge < -0.3 is 4.90 Å². The van der Waals surface area contributed by atoms with Crippen LogP contribution in [0.25, 0.3) is 0 Å². The SMILES string of the molecule is Cc1ccc2c(c1C)N(CCCCl)c1c(C=O)csc1S2=O. The second kappa shape index (κ2) is 6.14. The first-order valence-electron chi connectivity index (χ1n) is 7.02. The van der Waals surface area contributed by atoms with Crippen LogP contribution in [0.2, 0.25) is 0 Å². The van der Waals surface area contributed by atoms with Gasteiger partial charge in [0.15, 0.2) is 6.29 Å². The molecule has 116 valence electrons. The lowest BCUT2D eigenvalue weighted by molar-refractivity contribution is 0.112. The van der Waals surface area contributed by atoms with Gasteiger partial charge in [0.2, 0.25) is 0 Å². The summed E-state index contributed by atoms with van der Waals surface area (Å²) in [7, 11) is -1.23. The van der Waals surface area contributed by atoms with Gasteiger partial charge in [-0.15, -0.1) is 22.9 Å². The largest absolute Gasteiger partial charge is 0.338 e. The van der Waals surface area contributed by atoms with Crippen LogP contribution in [0, 0.1) is 13.8 Å². The summed E-state index contributed by atoms with van der Waals surface area (Å²) in [4.78, 5) is 14.3. The van der Waals surface area contributed by atoms with Gasteiger partial charge >= 0.3 is 0 Å². The van der Waals surface area contributed by atoms with Crippen LogP contribution in [0.4, 0.5) is 11.4 Å². The van der Waals surface area contributed by atoms with Crippen LogP contribution in [0.15, 0.2) is 26.6 Å². The summed E-state index contributed by atoms with van der Waals surface area (Å²) in [6.07, 6.45) is 1.64. The zero-order chi connectivity index (χ0) is 15.9. The molecule has 1 aromatic carbocycles. The third-order valence-electron chi connectivity index (χ3n) is 3.97. The average molecular weight is 354 g/mol. The van der Waals surface area contributed by atoms with E-state index in [-0.39, 0.29) is 0 Å². The summed E-state index contributed by atoms with van der Waals surface area (Å²) >= 11 is 7.26. The van der Waals surface area contributed by atoms with E-state index in [1.54, 1.807) is 5.38 Å². The van der Waals surface area contributed by atoms with E-state index in [0.29, 0.717) is 18.0 Å². The summed E-state index contributed by atoms with van der Waals surface area (Å²) in [5.74, 6) is 0.551. The summed E-state index contributed by atoms with van der Waals surface area (Å²) < 4.78 is 13.6. The van der Waals surface area contributed by atoms with Gasteiger partial charge in [-0.25, -0.2) is 4.21 Å². The molecule has 0 amide bonds. The predicted molar refractivity (Wildman–Crippen MR) is 92.6 cm³/mol. The number of carbonyl (C=O) groups is 1. The fourth-order valence-electron chi connectivity index (χ4n) is 2.74. The minimum Gasteiger partial charge on any atom is -0.338 e. The molecule has 1 aromatic heterocycles. The third kappa shape index (κ3) is 2.32. The number of halogens is 1. The van der Waals surface area contributed by atoms with Gasteiger partial charge in [0.1, 0.15) is 4.21 Å². The Morgan fingerprint density at radius 3 is 2.77 bits per heavy atom. The molecule has 2 aromatic rings. The Hall–Kier alpha value is -1.17. The van der Waals surface area contributed by atoms with Gasteiger partial charge in [0, 0.05) is 17.8 Å². The van der Waals surface area contributed by atoms with Gasteiger partial charge in [-0.3, -0.25) is 4.79 Å². The number of alkyl halides is 1. The van der Waals surface area contributed by atoms with Gasteiger partial charge in [0.05, 0.1) is 32.6 Å². The Labute approximate surface area is 141 Å². The molecule has 1 atom stereocenters. The molecule has 3 rings (SSSR count). The maximum Gasteiger partial charge on any atom is 0.153 e. The van der Waals surface area contributed by atoms with Crippen LogP contribution in [-0.4, -0.2) is 22.9 Å². The van der Waals surface area contributed by atoms with Crippen LogP contribution < -0.4 is 4.90 Å². The topological polar surface area (TPSA) is 37.4 Å². The lowest BCUT2D eigenvalue weighted by Gasteiger charge is -2.33. The van der Waals surface area contributed by atoms with Gasteiger partial charge in [-0.2, -0.15) is 0 Å². The monoisotopic (exact) mass is 353 g/mol. The Balaban J connectivity index is 2.27. The van der Waals surface area contributed by atoms with Crippen LogP contribution in [0.3, 0.4) is 0 Å².